The molecule has 100 valence electrons. The third-order valence-corrected chi connectivity index (χ3v) is 3.99. The average Bonchev–Trinajstić information content (AvgIpc) is 2.36. The van der Waals surface area contributed by atoms with E-state index in [9.17, 15) is 8.78 Å². The van der Waals surface area contributed by atoms with E-state index in [-0.39, 0.29) is 5.82 Å². The Bertz CT molecular complexity index is 607. The molecule has 0 aliphatic heterocycles. The summed E-state index contributed by atoms with van der Waals surface area (Å²) in [6, 6.07) is 7.86. The maximum atomic E-state index is 13.3. The Morgan fingerprint density at radius 2 is 1.68 bits per heavy atom. The fraction of sp³-hybridized carbons (Fsp3) is 0.0769. The summed E-state index contributed by atoms with van der Waals surface area (Å²) in [4.78, 5) is 0. The van der Waals surface area contributed by atoms with Gasteiger partial charge in [0.15, 0.2) is 0 Å². The van der Waals surface area contributed by atoms with E-state index in [2.05, 4.69) is 5.43 Å². The lowest BCUT2D eigenvalue weighted by molar-refractivity contribution is 0.599. The topological polar surface area (TPSA) is 38.0 Å². The number of hydrogen-bond acceptors (Lipinski definition) is 2. The van der Waals surface area contributed by atoms with E-state index >= 15 is 0 Å². The number of halogens is 4. The van der Waals surface area contributed by atoms with Gasteiger partial charge < -0.3 is 0 Å². The zero-order chi connectivity index (χ0) is 14.0. The van der Waals surface area contributed by atoms with Gasteiger partial charge in [-0.2, -0.15) is 0 Å². The molecule has 2 aromatic rings. The molecule has 19 heavy (non-hydrogen) atoms. The summed E-state index contributed by atoms with van der Waals surface area (Å²) in [6.45, 7) is 0. The molecule has 0 saturated carbocycles. The Morgan fingerprint density at radius 1 is 1.05 bits per heavy atom. The van der Waals surface area contributed by atoms with Crippen molar-refractivity contribution in [2.75, 3.05) is 0 Å². The molecule has 0 bridgehead atoms. The van der Waals surface area contributed by atoms with E-state index in [4.69, 9.17) is 17.4 Å². The van der Waals surface area contributed by atoms with Crippen LogP contribution in [0.1, 0.15) is 17.2 Å². The first kappa shape index (κ1) is 14.6. The van der Waals surface area contributed by atoms with Crippen molar-refractivity contribution < 1.29 is 8.78 Å². The minimum absolute atomic E-state index is 0.339. The van der Waals surface area contributed by atoms with Crippen LogP contribution < -0.4 is 11.3 Å². The number of nitrogens with one attached hydrogen (secondary N) is 1. The molecule has 0 fully saturated rings. The van der Waals surface area contributed by atoms with Crippen molar-refractivity contribution >= 4 is 34.2 Å². The van der Waals surface area contributed by atoms with Crippen LogP contribution in [0, 0.1) is 15.2 Å². The summed E-state index contributed by atoms with van der Waals surface area (Å²) in [7, 11) is 0. The molecule has 2 nitrogen and oxygen atoms in total. The van der Waals surface area contributed by atoms with E-state index in [0.717, 1.165) is 5.56 Å². The SMILES string of the molecule is NNC(c1cc(F)ccc1Cl)c1ccc(F)cc1I. The molecule has 0 aliphatic rings. The Labute approximate surface area is 128 Å². The van der Waals surface area contributed by atoms with Crippen molar-refractivity contribution in [1.29, 1.82) is 0 Å². The molecule has 0 saturated heterocycles. The van der Waals surface area contributed by atoms with Gasteiger partial charge in [0.1, 0.15) is 11.6 Å². The zero-order valence-electron chi connectivity index (χ0n) is 9.63. The van der Waals surface area contributed by atoms with Crippen LogP contribution in [0.15, 0.2) is 36.4 Å². The van der Waals surface area contributed by atoms with Crippen LogP contribution in [0.3, 0.4) is 0 Å². The lowest BCUT2D eigenvalue weighted by Gasteiger charge is -2.19. The molecule has 3 N–H and O–H groups in total. The Morgan fingerprint density at radius 3 is 2.32 bits per heavy atom. The summed E-state index contributed by atoms with van der Waals surface area (Å²) in [6.07, 6.45) is 0. The molecule has 1 unspecified atom stereocenters. The third kappa shape index (κ3) is 3.22. The van der Waals surface area contributed by atoms with Crippen molar-refractivity contribution in [3.8, 4) is 0 Å². The van der Waals surface area contributed by atoms with E-state index < -0.39 is 11.9 Å². The molecule has 0 aliphatic carbocycles. The third-order valence-electron chi connectivity index (χ3n) is 2.71. The molecule has 1 atom stereocenters. The number of hydrazine groups is 1. The van der Waals surface area contributed by atoms with E-state index in [1.807, 2.05) is 22.6 Å². The first-order valence-corrected chi connectivity index (χ1v) is 6.84. The summed E-state index contributed by atoms with van der Waals surface area (Å²) < 4.78 is 27.1. The Kier molecular flexibility index (Phi) is 4.72. The predicted octanol–water partition coefficient (Wildman–Crippen LogP) is 3.78. The highest BCUT2D eigenvalue weighted by atomic mass is 127. The Hall–Kier alpha value is -0.760. The van der Waals surface area contributed by atoms with Gasteiger partial charge in [-0.3, -0.25) is 5.84 Å². The summed E-state index contributed by atoms with van der Waals surface area (Å²) in [5.41, 5.74) is 3.83. The van der Waals surface area contributed by atoms with Gasteiger partial charge in [0.2, 0.25) is 0 Å². The normalized spacial score (nSPS) is 12.5. The largest absolute Gasteiger partial charge is 0.271 e. The molecule has 6 heteroatoms. The van der Waals surface area contributed by atoms with Crippen LogP contribution in [0.25, 0.3) is 0 Å². The van der Waals surface area contributed by atoms with Crippen molar-refractivity contribution in [2.45, 2.75) is 6.04 Å². The van der Waals surface area contributed by atoms with Gasteiger partial charge in [0, 0.05) is 8.59 Å². The molecule has 0 spiro atoms. The minimum atomic E-state index is -0.504. The molecular weight excluding hydrogens is 385 g/mol. The standard InChI is InChI=1S/C13H10ClF2IN2/c14-11-4-2-7(15)5-10(11)13(19-18)9-3-1-8(16)6-12(9)17/h1-6,13,19H,18H2. The number of nitrogens with two attached hydrogens (primary N) is 1. The molecule has 2 rings (SSSR count). The lowest BCUT2D eigenvalue weighted by atomic mass is 9.99. The first-order chi connectivity index (χ1) is 9.02. The quantitative estimate of drug-likeness (QED) is 0.472. The lowest BCUT2D eigenvalue weighted by Crippen LogP contribution is -2.29. The molecule has 0 radical (unpaired) electrons. The van der Waals surface area contributed by atoms with Crippen molar-refractivity contribution in [3.05, 3.63) is 67.8 Å². The maximum absolute atomic E-state index is 13.3. The van der Waals surface area contributed by atoms with Crippen molar-refractivity contribution in [3.63, 3.8) is 0 Å². The van der Waals surface area contributed by atoms with Crippen LogP contribution in [0.4, 0.5) is 8.78 Å². The van der Waals surface area contributed by atoms with Gasteiger partial charge >= 0.3 is 0 Å². The molecule has 0 amide bonds. The fourth-order valence-electron chi connectivity index (χ4n) is 1.82. The van der Waals surface area contributed by atoms with Gasteiger partial charge in [-0.05, 0) is 64.0 Å². The molecular formula is C13H10ClF2IN2. The van der Waals surface area contributed by atoms with Gasteiger partial charge in [0.25, 0.3) is 0 Å². The summed E-state index contributed by atoms with van der Waals surface area (Å²) in [5, 5.41) is 0.393. The smallest absolute Gasteiger partial charge is 0.124 e. The molecule has 2 aromatic carbocycles. The monoisotopic (exact) mass is 394 g/mol. The fourth-order valence-corrected chi connectivity index (χ4v) is 2.83. The second kappa shape index (κ2) is 6.13. The van der Waals surface area contributed by atoms with Gasteiger partial charge in [-0.15, -0.1) is 0 Å². The zero-order valence-corrected chi connectivity index (χ0v) is 12.5. The van der Waals surface area contributed by atoms with Crippen molar-refractivity contribution in [1.82, 2.24) is 5.43 Å². The second-order valence-corrected chi connectivity index (χ2v) is 5.50. The van der Waals surface area contributed by atoms with Gasteiger partial charge in [-0.1, -0.05) is 17.7 Å². The van der Waals surface area contributed by atoms with Crippen LogP contribution in [-0.2, 0) is 0 Å². The summed E-state index contributed by atoms with van der Waals surface area (Å²) >= 11 is 8.06. The Balaban J connectivity index is 2.52. The average molecular weight is 395 g/mol. The predicted molar refractivity (Wildman–Crippen MR) is 79.7 cm³/mol. The van der Waals surface area contributed by atoms with Crippen LogP contribution >= 0.6 is 34.2 Å². The van der Waals surface area contributed by atoms with Crippen LogP contribution in [0.2, 0.25) is 5.02 Å². The molecule has 0 heterocycles. The highest BCUT2D eigenvalue weighted by Crippen LogP contribution is 2.31. The summed E-state index contributed by atoms with van der Waals surface area (Å²) in [5.74, 6) is 4.79. The number of hydrogen-bond donors (Lipinski definition) is 2. The highest BCUT2D eigenvalue weighted by Gasteiger charge is 2.19. The second-order valence-electron chi connectivity index (χ2n) is 3.93. The van der Waals surface area contributed by atoms with Crippen molar-refractivity contribution in [2.24, 2.45) is 5.84 Å². The van der Waals surface area contributed by atoms with E-state index in [0.29, 0.717) is 14.2 Å². The number of benzene rings is 2. The van der Waals surface area contributed by atoms with E-state index in [1.165, 1.54) is 30.3 Å². The first-order valence-electron chi connectivity index (χ1n) is 5.39. The number of rotatable bonds is 3. The van der Waals surface area contributed by atoms with Gasteiger partial charge in [0.05, 0.1) is 6.04 Å². The van der Waals surface area contributed by atoms with Gasteiger partial charge in [-0.25, -0.2) is 14.2 Å². The van der Waals surface area contributed by atoms with Crippen LogP contribution in [-0.4, -0.2) is 0 Å². The highest BCUT2D eigenvalue weighted by molar-refractivity contribution is 14.1. The maximum Gasteiger partial charge on any atom is 0.124 e. The molecule has 0 aromatic heterocycles. The van der Waals surface area contributed by atoms with Crippen LogP contribution in [0.5, 0.6) is 0 Å². The van der Waals surface area contributed by atoms with E-state index in [1.54, 1.807) is 6.07 Å². The minimum Gasteiger partial charge on any atom is -0.271 e.